The Bertz CT molecular complexity index is 463. The molecule has 0 fully saturated rings. The summed E-state index contributed by atoms with van der Waals surface area (Å²) in [6, 6.07) is 15.5. The summed E-state index contributed by atoms with van der Waals surface area (Å²) in [5.41, 5.74) is 1.07. The Kier molecular flexibility index (Phi) is 3.10. The average molecular weight is 214 g/mol. The lowest BCUT2D eigenvalue weighted by molar-refractivity contribution is 0.409. The van der Waals surface area contributed by atoms with E-state index in [9.17, 15) is 0 Å². The third-order valence-electron chi connectivity index (χ3n) is 2.35. The van der Waals surface area contributed by atoms with Crippen molar-refractivity contribution in [1.29, 1.82) is 0 Å². The molecular weight excluding hydrogens is 200 g/mol. The van der Waals surface area contributed by atoms with Gasteiger partial charge in [-0.3, -0.25) is 0 Å². The molecule has 0 aliphatic rings. The molecule has 82 valence electrons. The number of benzene rings is 2. The van der Waals surface area contributed by atoms with E-state index in [2.05, 4.69) is 0 Å². The Morgan fingerprint density at radius 1 is 0.875 bits per heavy atom. The molecule has 2 nitrogen and oxygen atoms in total. The topological polar surface area (TPSA) is 18.5 Å². The van der Waals surface area contributed by atoms with Gasteiger partial charge < -0.3 is 9.47 Å². The van der Waals surface area contributed by atoms with Gasteiger partial charge in [0.05, 0.1) is 7.11 Å². The minimum Gasteiger partial charge on any atom is -0.496 e. The first-order valence-electron chi connectivity index (χ1n) is 5.17. The predicted octanol–water partition coefficient (Wildman–Crippen LogP) is 3.80. The molecule has 0 N–H and O–H groups in total. The molecule has 0 atom stereocenters. The molecule has 0 aliphatic carbocycles. The van der Waals surface area contributed by atoms with Crippen LogP contribution in [0, 0.1) is 6.92 Å². The highest BCUT2D eigenvalue weighted by Crippen LogP contribution is 2.26. The average Bonchev–Trinajstić information content (AvgIpc) is 2.31. The van der Waals surface area contributed by atoms with Gasteiger partial charge in [-0.1, -0.05) is 18.2 Å². The standard InChI is InChI=1S/C14H14O2/c1-11-10-13(8-9-14(11)15-2)16-12-6-4-3-5-7-12/h3-10H,1-2H3. The molecule has 16 heavy (non-hydrogen) atoms. The highest BCUT2D eigenvalue weighted by Gasteiger charge is 2.01. The van der Waals surface area contributed by atoms with E-state index in [1.54, 1.807) is 7.11 Å². The van der Waals surface area contributed by atoms with Gasteiger partial charge in [-0.2, -0.15) is 0 Å². The molecule has 0 saturated heterocycles. The summed E-state index contributed by atoms with van der Waals surface area (Å²) < 4.78 is 10.9. The number of hydrogen-bond donors (Lipinski definition) is 0. The second-order valence-corrected chi connectivity index (χ2v) is 3.55. The van der Waals surface area contributed by atoms with Crippen LogP contribution in [0.5, 0.6) is 17.2 Å². The zero-order valence-electron chi connectivity index (χ0n) is 9.44. The zero-order valence-corrected chi connectivity index (χ0v) is 9.44. The van der Waals surface area contributed by atoms with E-state index in [1.165, 1.54) is 0 Å². The van der Waals surface area contributed by atoms with Crippen LogP contribution in [0.4, 0.5) is 0 Å². The van der Waals surface area contributed by atoms with Crippen molar-refractivity contribution >= 4 is 0 Å². The Balaban J connectivity index is 2.20. The van der Waals surface area contributed by atoms with Crippen molar-refractivity contribution in [3.05, 3.63) is 54.1 Å². The predicted molar refractivity (Wildman–Crippen MR) is 64.2 cm³/mol. The largest absolute Gasteiger partial charge is 0.496 e. The van der Waals surface area contributed by atoms with E-state index in [0.29, 0.717) is 0 Å². The van der Waals surface area contributed by atoms with Crippen molar-refractivity contribution in [2.75, 3.05) is 7.11 Å². The van der Waals surface area contributed by atoms with Crippen LogP contribution in [-0.4, -0.2) is 7.11 Å². The Morgan fingerprint density at radius 2 is 1.62 bits per heavy atom. The molecule has 0 aromatic heterocycles. The molecule has 0 unspecified atom stereocenters. The second kappa shape index (κ2) is 4.71. The molecule has 2 rings (SSSR count). The third-order valence-corrected chi connectivity index (χ3v) is 2.35. The molecule has 2 aromatic carbocycles. The van der Waals surface area contributed by atoms with Gasteiger partial charge in [-0.25, -0.2) is 0 Å². The Morgan fingerprint density at radius 3 is 2.25 bits per heavy atom. The Hall–Kier alpha value is -1.96. The van der Waals surface area contributed by atoms with Gasteiger partial charge in [0, 0.05) is 0 Å². The normalized spacial score (nSPS) is 9.88. The molecule has 0 radical (unpaired) electrons. The van der Waals surface area contributed by atoms with Crippen LogP contribution < -0.4 is 9.47 Å². The highest BCUT2D eigenvalue weighted by molar-refractivity contribution is 5.41. The number of rotatable bonds is 3. The first kappa shape index (κ1) is 10.6. The molecule has 0 spiro atoms. The maximum absolute atomic E-state index is 5.70. The summed E-state index contributed by atoms with van der Waals surface area (Å²) in [4.78, 5) is 0. The van der Waals surface area contributed by atoms with Gasteiger partial charge in [-0.15, -0.1) is 0 Å². The fourth-order valence-corrected chi connectivity index (χ4v) is 1.54. The summed E-state index contributed by atoms with van der Waals surface area (Å²) in [6.07, 6.45) is 0. The lowest BCUT2D eigenvalue weighted by Gasteiger charge is -2.08. The van der Waals surface area contributed by atoms with Crippen molar-refractivity contribution in [2.24, 2.45) is 0 Å². The lowest BCUT2D eigenvalue weighted by atomic mass is 10.2. The lowest BCUT2D eigenvalue weighted by Crippen LogP contribution is -1.89. The fraction of sp³-hybridized carbons (Fsp3) is 0.143. The van der Waals surface area contributed by atoms with E-state index < -0.39 is 0 Å². The van der Waals surface area contributed by atoms with E-state index >= 15 is 0 Å². The van der Waals surface area contributed by atoms with Crippen LogP contribution in [-0.2, 0) is 0 Å². The molecular formula is C14H14O2. The first-order valence-corrected chi connectivity index (χ1v) is 5.17. The monoisotopic (exact) mass is 214 g/mol. The van der Waals surface area contributed by atoms with Crippen LogP contribution >= 0.6 is 0 Å². The zero-order chi connectivity index (χ0) is 11.4. The summed E-state index contributed by atoms with van der Waals surface area (Å²) in [6.45, 7) is 2.00. The van der Waals surface area contributed by atoms with Gasteiger partial charge in [0.1, 0.15) is 17.2 Å². The van der Waals surface area contributed by atoms with Gasteiger partial charge in [-0.05, 0) is 42.8 Å². The minimum atomic E-state index is 0.824. The highest BCUT2D eigenvalue weighted by atomic mass is 16.5. The number of para-hydroxylation sites is 1. The molecule has 0 amide bonds. The van der Waals surface area contributed by atoms with Crippen molar-refractivity contribution in [2.45, 2.75) is 6.92 Å². The van der Waals surface area contributed by atoms with Crippen LogP contribution in [0.25, 0.3) is 0 Å². The number of ether oxygens (including phenoxy) is 2. The van der Waals surface area contributed by atoms with E-state index in [1.807, 2.05) is 55.5 Å². The molecule has 2 aromatic rings. The molecule has 0 heterocycles. The van der Waals surface area contributed by atoms with E-state index in [0.717, 1.165) is 22.8 Å². The number of hydrogen-bond acceptors (Lipinski definition) is 2. The van der Waals surface area contributed by atoms with E-state index in [-0.39, 0.29) is 0 Å². The molecule has 0 bridgehead atoms. The summed E-state index contributed by atoms with van der Waals surface area (Å²) in [5, 5.41) is 0. The van der Waals surface area contributed by atoms with Crippen LogP contribution in [0.3, 0.4) is 0 Å². The third kappa shape index (κ3) is 2.34. The maximum Gasteiger partial charge on any atom is 0.127 e. The number of methoxy groups -OCH3 is 1. The van der Waals surface area contributed by atoms with Gasteiger partial charge >= 0.3 is 0 Å². The summed E-state index contributed by atoms with van der Waals surface area (Å²) in [7, 11) is 1.67. The van der Waals surface area contributed by atoms with Gasteiger partial charge in [0.2, 0.25) is 0 Å². The van der Waals surface area contributed by atoms with Gasteiger partial charge in [0.25, 0.3) is 0 Å². The quantitative estimate of drug-likeness (QED) is 0.773. The maximum atomic E-state index is 5.70. The van der Waals surface area contributed by atoms with Crippen molar-refractivity contribution in [1.82, 2.24) is 0 Å². The SMILES string of the molecule is COc1ccc(Oc2ccccc2)cc1C. The van der Waals surface area contributed by atoms with Crippen molar-refractivity contribution < 1.29 is 9.47 Å². The second-order valence-electron chi connectivity index (χ2n) is 3.55. The van der Waals surface area contributed by atoms with Crippen LogP contribution in [0.1, 0.15) is 5.56 Å². The van der Waals surface area contributed by atoms with Crippen molar-refractivity contribution in [3.8, 4) is 17.2 Å². The summed E-state index contributed by atoms with van der Waals surface area (Å²) >= 11 is 0. The minimum absolute atomic E-state index is 0.824. The molecule has 0 saturated carbocycles. The van der Waals surface area contributed by atoms with Crippen LogP contribution in [0.2, 0.25) is 0 Å². The first-order chi connectivity index (χ1) is 7.79. The molecule has 0 aliphatic heterocycles. The van der Waals surface area contributed by atoms with Gasteiger partial charge in [0.15, 0.2) is 0 Å². The van der Waals surface area contributed by atoms with Crippen molar-refractivity contribution in [3.63, 3.8) is 0 Å². The number of aryl methyl sites for hydroxylation is 1. The fourth-order valence-electron chi connectivity index (χ4n) is 1.54. The van der Waals surface area contributed by atoms with E-state index in [4.69, 9.17) is 9.47 Å². The van der Waals surface area contributed by atoms with Crippen LogP contribution in [0.15, 0.2) is 48.5 Å². The Labute approximate surface area is 95.4 Å². The molecule has 2 heteroatoms. The summed E-state index contributed by atoms with van der Waals surface area (Å²) in [5.74, 6) is 2.54. The smallest absolute Gasteiger partial charge is 0.127 e.